The van der Waals surface area contributed by atoms with Gasteiger partial charge in [0, 0.05) is 18.5 Å². The maximum absolute atomic E-state index is 12.7. The molecule has 2 heterocycles. The highest BCUT2D eigenvalue weighted by molar-refractivity contribution is 7.89. The van der Waals surface area contributed by atoms with Crippen LogP contribution in [0.5, 0.6) is 5.88 Å². The number of carbonyl (C=O) groups is 1. The lowest BCUT2D eigenvalue weighted by Crippen LogP contribution is -2.60. The zero-order valence-corrected chi connectivity index (χ0v) is 13.7. The molecule has 1 aromatic carbocycles. The van der Waals surface area contributed by atoms with Crippen molar-refractivity contribution in [3.05, 3.63) is 54.2 Å². The van der Waals surface area contributed by atoms with Gasteiger partial charge in [-0.25, -0.2) is 13.4 Å². The van der Waals surface area contributed by atoms with Crippen molar-refractivity contribution in [3.8, 4) is 5.88 Å². The van der Waals surface area contributed by atoms with Gasteiger partial charge in [0.1, 0.15) is 10.9 Å². The Bertz CT molecular complexity index is 837. The summed E-state index contributed by atoms with van der Waals surface area (Å²) in [6, 6.07) is 10.7. The number of carboxylic acid groups (broad SMARTS) is 1. The van der Waals surface area contributed by atoms with Crippen LogP contribution in [0.1, 0.15) is 11.5 Å². The number of carboxylic acids is 1. The smallest absolute Gasteiger partial charge is 0.322 e. The molecular formula is C16H16N2O5S. The van der Waals surface area contributed by atoms with E-state index in [9.17, 15) is 18.3 Å². The van der Waals surface area contributed by atoms with Crippen LogP contribution in [0.15, 0.2) is 53.6 Å². The lowest BCUT2D eigenvalue weighted by molar-refractivity contribution is -0.146. The van der Waals surface area contributed by atoms with Gasteiger partial charge in [0.05, 0.1) is 13.3 Å². The van der Waals surface area contributed by atoms with Crippen molar-refractivity contribution in [3.63, 3.8) is 0 Å². The highest BCUT2D eigenvalue weighted by Crippen LogP contribution is 2.38. The van der Waals surface area contributed by atoms with Crippen molar-refractivity contribution in [2.24, 2.45) is 0 Å². The van der Waals surface area contributed by atoms with Gasteiger partial charge < -0.3 is 9.84 Å². The molecule has 3 rings (SSSR count). The van der Waals surface area contributed by atoms with Crippen molar-refractivity contribution in [2.75, 3.05) is 13.7 Å². The number of hydrogen-bond donors (Lipinski definition) is 1. The number of hydrogen-bond acceptors (Lipinski definition) is 5. The number of ether oxygens (including phenoxy) is 1. The van der Waals surface area contributed by atoms with Crippen molar-refractivity contribution < 1.29 is 23.1 Å². The standard InChI is InChI=1S/C16H16N2O5S/c1-23-14-8-7-12(9-17-14)24(21,22)18-10-13(15(18)16(19)20)11-5-3-2-4-6-11/h2-9,13,15H,10H2,1H3,(H,19,20)/t13-,15+/m1/s1. The Morgan fingerprint density at radius 3 is 2.50 bits per heavy atom. The van der Waals surface area contributed by atoms with Crippen molar-refractivity contribution in [1.82, 2.24) is 9.29 Å². The zero-order chi connectivity index (χ0) is 17.3. The highest BCUT2D eigenvalue weighted by atomic mass is 32.2. The van der Waals surface area contributed by atoms with E-state index in [0.29, 0.717) is 0 Å². The lowest BCUT2D eigenvalue weighted by atomic mass is 9.85. The molecule has 1 N–H and O–H groups in total. The van der Waals surface area contributed by atoms with Gasteiger partial charge in [0.25, 0.3) is 0 Å². The SMILES string of the molecule is COc1ccc(S(=O)(=O)N2C[C@H](c3ccccc3)[C@H]2C(=O)O)cn1. The minimum Gasteiger partial charge on any atom is -0.481 e. The molecule has 126 valence electrons. The molecule has 0 aliphatic carbocycles. The molecule has 0 unspecified atom stereocenters. The fourth-order valence-corrected chi connectivity index (χ4v) is 4.37. The molecule has 1 aliphatic rings. The summed E-state index contributed by atoms with van der Waals surface area (Å²) < 4.78 is 31.3. The van der Waals surface area contributed by atoms with Crippen LogP contribution in [0.2, 0.25) is 0 Å². The summed E-state index contributed by atoms with van der Waals surface area (Å²) in [5.74, 6) is -1.25. The minimum absolute atomic E-state index is 0.0546. The number of nitrogens with zero attached hydrogens (tertiary/aromatic N) is 2. The van der Waals surface area contributed by atoms with E-state index in [2.05, 4.69) is 4.98 Å². The third-order valence-corrected chi connectivity index (χ3v) is 5.90. The van der Waals surface area contributed by atoms with E-state index in [1.54, 1.807) is 24.3 Å². The predicted molar refractivity (Wildman–Crippen MR) is 85.3 cm³/mol. The predicted octanol–water partition coefficient (Wildman–Crippen LogP) is 1.33. The van der Waals surface area contributed by atoms with E-state index in [0.717, 1.165) is 9.87 Å². The second kappa shape index (κ2) is 6.21. The summed E-state index contributed by atoms with van der Waals surface area (Å²) >= 11 is 0. The molecular weight excluding hydrogens is 332 g/mol. The van der Waals surface area contributed by atoms with Crippen molar-refractivity contribution in [2.45, 2.75) is 16.9 Å². The molecule has 1 saturated heterocycles. The van der Waals surface area contributed by atoms with E-state index >= 15 is 0 Å². The molecule has 0 bridgehead atoms. The first kappa shape index (κ1) is 16.4. The molecule has 24 heavy (non-hydrogen) atoms. The summed E-state index contributed by atoms with van der Waals surface area (Å²) in [6.45, 7) is 0.120. The summed E-state index contributed by atoms with van der Waals surface area (Å²) in [4.78, 5) is 15.4. The van der Waals surface area contributed by atoms with Crippen molar-refractivity contribution >= 4 is 16.0 Å². The zero-order valence-electron chi connectivity index (χ0n) is 12.9. The maximum atomic E-state index is 12.7. The maximum Gasteiger partial charge on any atom is 0.322 e. The van der Waals surface area contributed by atoms with Gasteiger partial charge in [-0.2, -0.15) is 4.31 Å². The Balaban J connectivity index is 1.89. The van der Waals surface area contributed by atoms with Gasteiger partial charge in [0.2, 0.25) is 15.9 Å². The monoisotopic (exact) mass is 348 g/mol. The van der Waals surface area contributed by atoms with E-state index in [4.69, 9.17) is 4.74 Å². The van der Waals surface area contributed by atoms with E-state index < -0.39 is 22.0 Å². The summed E-state index contributed by atoms with van der Waals surface area (Å²) in [7, 11) is -2.50. The number of sulfonamides is 1. The van der Waals surface area contributed by atoms with Gasteiger partial charge >= 0.3 is 5.97 Å². The average molecular weight is 348 g/mol. The molecule has 1 aromatic heterocycles. The first-order chi connectivity index (χ1) is 11.4. The van der Waals surface area contributed by atoms with E-state index in [1.165, 1.54) is 25.4 Å². The molecule has 8 heteroatoms. The Labute approximate surface area is 139 Å². The number of rotatable bonds is 5. The normalized spacial score (nSPS) is 21.0. The Hall–Kier alpha value is -2.45. The molecule has 2 aromatic rings. The van der Waals surface area contributed by atoms with Gasteiger partial charge in [-0.05, 0) is 11.6 Å². The Morgan fingerprint density at radius 1 is 1.25 bits per heavy atom. The molecule has 1 aliphatic heterocycles. The lowest BCUT2D eigenvalue weighted by Gasteiger charge is -2.44. The fourth-order valence-electron chi connectivity index (χ4n) is 2.78. The number of pyridine rings is 1. The van der Waals surface area contributed by atoms with Gasteiger partial charge in [-0.3, -0.25) is 4.79 Å². The molecule has 0 spiro atoms. The summed E-state index contributed by atoms with van der Waals surface area (Å²) in [5.41, 5.74) is 0.809. The molecule has 0 radical (unpaired) electrons. The number of aliphatic carboxylic acids is 1. The van der Waals surface area contributed by atoms with Gasteiger partial charge in [-0.1, -0.05) is 30.3 Å². The van der Waals surface area contributed by atoms with Crippen LogP contribution in [-0.2, 0) is 14.8 Å². The van der Waals surface area contributed by atoms with Crippen molar-refractivity contribution in [1.29, 1.82) is 0 Å². The second-order valence-corrected chi connectivity index (χ2v) is 7.30. The van der Waals surface area contributed by atoms with Crippen LogP contribution in [0.25, 0.3) is 0 Å². The Morgan fingerprint density at radius 2 is 1.96 bits per heavy atom. The molecule has 2 atom stereocenters. The number of benzene rings is 1. The second-order valence-electron chi connectivity index (χ2n) is 5.41. The average Bonchev–Trinajstić information content (AvgIpc) is 2.54. The summed E-state index contributed by atoms with van der Waals surface area (Å²) in [6.07, 6.45) is 1.17. The Kier molecular flexibility index (Phi) is 4.25. The molecule has 0 amide bonds. The van der Waals surface area contributed by atoms with Crippen LogP contribution in [0.4, 0.5) is 0 Å². The van der Waals surface area contributed by atoms with E-state index in [-0.39, 0.29) is 23.2 Å². The van der Waals surface area contributed by atoms with Crippen LogP contribution in [0, 0.1) is 0 Å². The fraction of sp³-hybridized carbons (Fsp3) is 0.250. The van der Waals surface area contributed by atoms with Crippen LogP contribution >= 0.6 is 0 Å². The van der Waals surface area contributed by atoms with Crippen LogP contribution < -0.4 is 4.74 Å². The van der Waals surface area contributed by atoms with Gasteiger partial charge in [0.15, 0.2) is 0 Å². The first-order valence-corrected chi connectivity index (χ1v) is 8.69. The molecule has 1 fully saturated rings. The van der Waals surface area contributed by atoms with Gasteiger partial charge in [-0.15, -0.1) is 0 Å². The number of aromatic nitrogens is 1. The minimum atomic E-state index is -3.93. The first-order valence-electron chi connectivity index (χ1n) is 7.25. The quantitative estimate of drug-likeness (QED) is 0.876. The third-order valence-electron chi connectivity index (χ3n) is 4.07. The molecule has 7 nitrogen and oxygen atoms in total. The largest absolute Gasteiger partial charge is 0.481 e. The summed E-state index contributed by atoms with van der Waals surface area (Å²) in [5, 5.41) is 9.49. The number of methoxy groups -OCH3 is 1. The third kappa shape index (κ3) is 2.74. The van der Waals surface area contributed by atoms with E-state index in [1.807, 2.05) is 6.07 Å². The van der Waals surface area contributed by atoms with Crippen LogP contribution in [-0.4, -0.2) is 48.5 Å². The molecule has 0 saturated carbocycles. The topological polar surface area (TPSA) is 96.8 Å². The highest BCUT2D eigenvalue weighted by Gasteiger charge is 2.51. The van der Waals surface area contributed by atoms with Crippen LogP contribution in [0.3, 0.4) is 0 Å².